The average molecular weight is 446 g/mol. The summed E-state index contributed by atoms with van der Waals surface area (Å²) in [7, 11) is -2.33. The zero-order valence-electron chi connectivity index (χ0n) is 18.3. The van der Waals surface area contributed by atoms with Gasteiger partial charge in [-0.15, -0.1) is 0 Å². The highest BCUT2D eigenvalue weighted by Crippen LogP contribution is 2.32. The van der Waals surface area contributed by atoms with E-state index in [9.17, 15) is 13.2 Å². The summed E-state index contributed by atoms with van der Waals surface area (Å²) < 4.78 is 34.4. The zero-order valence-corrected chi connectivity index (χ0v) is 19.2. The number of methoxy groups -OCH3 is 1. The number of carbonyl (C=O) groups excluding carboxylic acids is 1. The smallest absolute Gasteiger partial charge is 0.264 e. The molecule has 1 amide bonds. The molecule has 31 heavy (non-hydrogen) atoms. The van der Waals surface area contributed by atoms with E-state index in [1.54, 1.807) is 49.6 Å². The van der Waals surface area contributed by atoms with Crippen LogP contribution in [-0.4, -0.2) is 34.5 Å². The monoisotopic (exact) mass is 445 g/mol. The lowest BCUT2D eigenvalue weighted by Gasteiger charge is -2.25. The molecule has 1 aliphatic rings. The minimum absolute atomic E-state index is 0.0000557. The first-order valence-electron chi connectivity index (χ1n) is 10.7. The number of carbonyl (C=O) groups is 1. The topological polar surface area (TPSA) is 87.7 Å². The van der Waals surface area contributed by atoms with Crippen molar-refractivity contribution in [3.8, 4) is 5.75 Å². The fourth-order valence-electron chi connectivity index (χ4n) is 3.93. The second kappa shape index (κ2) is 10.0. The van der Waals surface area contributed by atoms with Crippen molar-refractivity contribution in [2.45, 2.75) is 44.4 Å². The average Bonchev–Trinajstić information content (AvgIpc) is 3.31. The summed E-state index contributed by atoms with van der Waals surface area (Å²) in [4.78, 5) is 14.7. The van der Waals surface area contributed by atoms with Gasteiger partial charge >= 0.3 is 0 Å². The molecule has 7 nitrogen and oxygen atoms in total. The molecule has 2 aromatic carbocycles. The summed E-state index contributed by atoms with van der Waals surface area (Å²) in [6.07, 6.45) is 3.88. The van der Waals surface area contributed by atoms with Crippen LogP contribution in [0.15, 0.2) is 47.4 Å². The van der Waals surface area contributed by atoms with E-state index in [1.165, 1.54) is 0 Å². The van der Waals surface area contributed by atoms with E-state index in [2.05, 4.69) is 10.0 Å². The molecule has 0 aliphatic heterocycles. The Morgan fingerprint density at radius 3 is 2.23 bits per heavy atom. The molecule has 2 aromatic rings. The molecule has 168 valence electrons. The van der Waals surface area contributed by atoms with Gasteiger partial charge in [0.2, 0.25) is 5.91 Å². The van der Waals surface area contributed by atoms with Crippen LogP contribution in [0, 0.1) is 5.92 Å². The molecule has 3 rings (SSSR count). The van der Waals surface area contributed by atoms with Gasteiger partial charge in [-0.1, -0.05) is 12.8 Å². The van der Waals surface area contributed by atoms with Crippen LogP contribution in [0.4, 0.5) is 17.1 Å². The Morgan fingerprint density at radius 2 is 1.65 bits per heavy atom. The summed E-state index contributed by atoms with van der Waals surface area (Å²) in [5.74, 6) is 0.600. The number of sulfonamides is 1. The number of amides is 1. The highest BCUT2D eigenvalue weighted by molar-refractivity contribution is 7.92. The van der Waals surface area contributed by atoms with E-state index in [1.807, 2.05) is 18.7 Å². The molecule has 0 radical (unpaired) electrons. The summed E-state index contributed by atoms with van der Waals surface area (Å²) >= 11 is 0. The van der Waals surface area contributed by atoms with E-state index >= 15 is 0 Å². The van der Waals surface area contributed by atoms with Gasteiger partial charge in [-0.05, 0) is 69.2 Å². The number of rotatable bonds is 9. The lowest BCUT2D eigenvalue weighted by molar-refractivity contribution is -0.119. The van der Waals surface area contributed by atoms with Gasteiger partial charge in [-0.2, -0.15) is 0 Å². The fourth-order valence-corrected chi connectivity index (χ4v) is 5.25. The van der Waals surface area contributed by atoms with Crippen LogP contribution in [0.5, 0.6) is 5.75 Å². The zero-order chi connectivity index (χ0) is 22.4. The Morgan fingerprint density at radius 1 is 1.03 bits per heavy atom. The SMILES string of the molecule is CCN(CC)c1ccc(NC(=O)C2CCCC2)cc1S(=O)(=O)Nc1ccc(OC)cc1. The van der Waals surface area contributed by atoms with Crippen molar-refractivity contribution in [2.24, 2.45) is 5.92 Å². The molecule has 1 saturated carbocycles. The highest BCUT2D eigenvalue weighted by atomic mass is 32.2. The number of nitrogens with zero attached hydrogens (tertiary/aromatic N) is 1. The fraction of sp³-hybridized carbons (Fsp3) is 0.435. The number of nitrogens with one attached hydrogen (secondary N) is 2. The lowest BCUT2D eigenvalue weighted by Crippen LogP contribution is -2.26. The summed E-state index contributed by atoms with van der Waals surface area (Å²) in [6.45, 7) is 5.28. The number of benzene rings is 2. The molecule has 0 unspecified atom stereocenters. The van der Waals surface area contributed by atoms with Crippen molar-refractivity contribution in [3.63, 3.8) is 0 Å². The number of ether oxygens (including phenoxy) is 1. The predicted octanol–water partition coefficient (Wildman–Crippen LogP) is 4.47. The van der Waals surface area contributed by atoms with Crippen LogP contribution in [0.1, 0.15) is 39.5 Å². The maximum absolute atomic E-state index is 13.3. The molecule has 8 heteroatoms. The second-order valence-electron chi connectivity index (χ2n) is 7.66. The Kier molecular flexibility index (Phi) is 7.43. The van der Waals surface area contributed by atoms with Crippen molar-refractivity contribution in [1.29, 1.82) is 0 Å². The first-order valence-corrected chi connectivity index (χ1v) is 12.2. The van der Waals surface area contributed by atoms with Gasteiger partial charge < -0.3 is 15.0 Å². The molecule has 0 bridgehead atoms. The van der Waals surface area contributed by atoms with Crippen LogP contribution in [0.25, 0.3) is 0 Å². The Labute approximate surface area is 184 Å². The highest BCUT2D eigenvalue weighted by Gasteiger charge is 2.25. The van der Waals surface area contributed by atoms with E-state index in [0.717, 1.165) is 25.7 Å². The van der Waals surface area contributed by atoms with Crippen LogP contribution < -0.4 is 19.7 Å². The molecule has 0 aromatic heterocycles. The molecule has 1 aliphatic carbocycles. The first kappa shape index (κ1) is 22.9. The van der Waals surface area contributed by atoms with Crippen molar-refractivity contribution in [3.05, 3.63) is 42.5 Å². The van der Waals surface area contributed by atoms with Crippen molar-refractivity contribution in [1.82, 2.24) is 0 Å². The number of hydrogen-bond acceptors (Lipinski definition) is 5. The van der Waals surface area contributed by atoms with Gasteiger partial charge in [0.15, 0.2) is 0 Å². The van der Waals surface area contributed by atoms with Crippen molar-refractivity contribution in [2.75, 3.05) is 35.1 Å². The molecule has 2 N–H and O–H groups in total. The van der Waals surface area contributed by atoms with Gasteiger partial charge in [0, 0.05) is 30.4 Å². The Bertz CT molecular complexity index is 996. The predicted molar refractivity (Wildman–Crippen MR) is 124 cm³/mol. The summed E-state index contributed by atoms with van der Waals surface area (Å²) in [5, 5.41) is 2.91. The standard InChI is InChI=1S/C23H31N3O4S/c1-4-26(5-2)21-15-12-19(24-23(27)17-8-6-7-9-17)16-22(21)31(28,29)25-18-10-13-20(30-3)14-11-18/h10-17,25H,4-9H2,1-3H3,(H,24,27). The third kappa shape index (κ3) is 5.50. The normalized spacial score (nSPS) is 14.3. The van der Waals surface area contributed by atoms with E-state index in [0.29, 0.717) is 35.9 Å². The lowest BCUT2D eigenvalue weighted by atomic mass is 10.1. The van der Waals surface area contributed by atoms with Gasteiger partial charge in [0.05, 0.1) is 12.8 Å². The molecule has 0 saturated heterocycles. The molecule has 0 atom stereocenters. The number of anilines is 3. The van der Waals surface area contributed by atoms with Crippen molar-refractivity contribution >= 4 is 33.0 Å². The van der Waals surface area contributed by atoms with E-state index in [4.69, 9.17) is 4.74 Å². The molecule has 0 heterocycles. The summed E-state index contributed by atoms with van der Waals surface area (Å²) in [5.41, 5.74) is 1.53. The van der Waals surface area contributed by atoms with Crippen molar-refractivity contribution < 1.29 is 17.9 Å². The third-order valence-electron chi connectivity index (χ3n) is 5.69. The van der Waals surface area contributed by atoms with Crippen LogP contribution >= 0.6 is 0 Å². The van der Waals surface area contributed by atoms with E-state index in [-0.39, 0.29) is 16.7 Å². The largest absolute Gasteiger partial charge is 0.497 e. The minimum Gasteiger partial charge on any atom is -0.497 e. The summed E-state index contributed by atoms with van der Waals surface area (Å²) in [6, 6.07) is 11.8. The van der Waals surface area contributed by atoms with Gasteiger partial charge in [-0.3, -0.25) is 9.52 Å². The molecular weight excluding hydrogens is 414 g/mol. The maximum Gasteiger partial charge on any atom is 0.264 e. The first-order chi connectivity index (χ1) is 14.9. The molecule has 1 fully saturated rings. The number of hydrogen-bond donors (Lipinski definition) is 2. The van der Waals surface area contributed by atoms with Crippen LogP contribution in [0.2, 0.25) is 0 Å². The second-order valence-corrected chi connectivity index (χ2v) is 9.31. The van der Waals surface area contributed by atoms with Gasteiger partial charge in [-0.25, -0.2) is 8.42 Å². The van der Waals surface area contributed by atoms with Crippen LogP contribution in [0.3, 0.4) is 0 Å². The quantitative estimate of drug-likeness (QED) is 0.595. The molecule has 0 spiro atoms. The Balaban J connectivity index is 1.93. The third-order valence-corrected chi connectivity index (χ3v) is 7.10. The maximum atomic E-state index is 13.3. The Hall–Kier alpha value is -2.74. The van der Waals surface area contributed by atoms with Gasteiger partial charge in [0.25, 0.3) is 10.0 Å². The minimum atomic E-state index is -3.89. The molecular formula is C23H31N3O4S. The van der Waals surface area contributed by atoms with Crippen LogP contribution in [-0.2, 0) is 14.8 Å². The van der Waals surface area contributed by atoms with Gasteiger partial charge in [0.1, 0.15) is 10.6 Å². The van der Waals surface area contributed by atoms with E-state index < -0.39 is 10.0 Å².